The lowest BCUT2D eigenvalue weighted by Crippen LogP contribution is -2.43. The van der Waals surface area contributed by atoms with Crippen LogP contribution in [-0.4, -0.2) is 50.6 Å². The molecule has 1 aromatic heterocycles. The molecule has 0 bridgehead atoms. The zero-order valence-electron chi connectivity index (χ0n) is 20.9. The third kappa shape index (κ3) is 6.65. The van der Waals surface area contributed by atoms with E-state index >= 15 is 0 Å². The molecule has 2 heterocycles. The number of nitrogens with one attached hydrogen (secondary N) is 2. The van der Waals surface area contributed by atoms with Gasteiger partial charge in [0.1, 0.15) is 4.90 Å². The van der Waals surface area contributed by atoms with Gasteiger partial charge in [0.05, 0.1) is 0 Å². The van der Waals surface area contributed by atoms with E-state index in [9.17, 15) is 17.2 Å². The van der Waals surface area contributed by atoms with E-state index < -0.39 is 15.9 Å². The van der Waals surface area contributed by atoms with Crippen molar-refractivity contribution in [2.24, 2.45) is 0 Å². The smallest absolute Gasteiger partial charge is 0.270 e. The van der Waals surface area contributed by atoms with Gasteiger partial charge in [-0.15, -0.1) is 0 Å². The summed E-state index contributed by atoms with van der Waals surface area (Å²) in [7, 11) is -3.82. The van der Waals surface area contributed by atoms with Gasteiger partial charge in [-0.1, -0.05) is 39.0 Å². The van der Waals surface area contributed by atoms with Crippen LogP contribution in [-0.2, 0) is 34.5 Å². The molecule has 0 atom stereocenters. The van der Waals surface area contributed by atoms with Gasteiger partial charge in [0.15, 0.2) is 0 Å². The molecule has 1 aliphatic rings. The SMILES string of the molecule is Cc1c(S(=O)(=O)NCc2cccc(C(C)(F)F)c2)cc(C(C)(C)C)n1CCCN1CCNCC1. The molecule has 0 unspecified atom stereocenters. The highest BCUT2D eigenvalue weighted by Gasteiger charge is 2.28. The van der Waals surface area contributed by atoms with Gasteiger partial charge in [0, 0.05) is 68.6 Å². The number of hydrogen-bond acceptors (Lipinski definition) is 4. The van der Waals surface area contributed by atoms with Gasteiger partial charge in [0.25, 0.3) is 5.92 Å². The van der Waals surface area contributed by atoms with Crippen LogP contribution in [0.2, 0.25) is 0 Å². The van der Waals surface area contributed by atoms with Crippen LogP contribution in [0.25, 0.3) is 0 Å². The van der Waals surface area contributed by atoms with Gasteiger partial charge in [-0.3, -0.25) is 0 Å². The first-order valence-electron chi connectivity index (χ1n) is 11.9. The Morgan fingerprint density at radius 3 is 2.35 bits per heavy atom. The Bertz CT molecular complexity index is 1080. The molecular weight excluding hydrogens is 458 g/mol. The van der Waals surface area contributed by atoms with E-state index in [0.29, 0.717) is 11.3 Å². The van der Waals surface area contributed by atoms with E-state index in [4.69, 9.17) is 0 Å². The number of aromatic nitrogens is 1. The summed E-state index contributed by atoms with van der Waals surface area (Å²) in [5, 5.41) is 3.36. The zero-order chi connectivity index (χ0) is 25.1. The topological polar surface area (TPSA) is 66.4 Å². The Balaban J connectivity index is 1.78. The summed E-state index contributed by atoms with van der Waals surface area (Å²) in [6.45, 7) is 14.6. The highest BCUT2D eigenvalue weighted by atomic mass is 32.2. The largest absolute Gasteiger partial charge is 0.347 e. The number of nitrogens with zero attached hydrogens (tertiary/aromatic N) is 2. The molecule has 0 saturated carbocycles. The molecule has 2 aromatic rings. The fraction of sp³-hybridized carbons (Fsp3) is 0.600. The van der Waals surface area contributed by atoms with Crippen molar-refractivity contribution in [2.75, 3.05) is 32.7 Å². The van der Waals surface area contributed by atoms with Crippen LogP contribution in [0.5, 0.6) is 0 Å². The second-order valence-corrected chi connectivity index (χ2v) is 12.0. The van der Waals surface area contributed by atoms with E-state index in [0.717, 1.165) is 58.3 Å². The van der Waals surface area contributed by atoms with E-state index in [1.165, 1.54) is 18.2 Å². The van der Waals surface area contributed by atoms with Gasteiger partial charge in [-0.05, 0) is 37.6 Å². The van der Waals surface area contributed by atoms with Crippen molar-refractivity contribution in [2.45, 2.75) is 70.4 Å². The number of alkyl halides is 2. The molecule has 1 aromatic carbocycles. The van der Waals surface area contributed by atoms with Gasteiger partial charge in [-0.2, -0.15) is 0 Å². The molecule has 0 amide bonds. The Labute approximate surface area is 202 Å². The first kappa shape index (κ1) is 26.8. The summed E-state index contributed by atoms with van der Waals surface area (Å²) < 4.78 is 58.5. The van der Waals surface area contributed by atoms with E-state index in [1.807, 2.05) is 6.92 Å². The van der Waals surface area contributed by atoms with E-state index in [2.05, 4.69) is 40.3 Å². The second-order valence-electron chi connectivity index (χ2n) is 10.2. The maximum absolute atomic E-state index is 13.7. The Morgan fingerprint density at radius 1 is 1.06 bits per heavy atom. The number of benzene rings is 1. The Kier molecular flexibility index (Phi) is 8.22. The van der Waals surface area contributed by atoms with Crippen molar-refractivity contribution >= 4 is 10.0 Å². The quantitative estimate of drug-likeness (QED) is 0.551. The van der Waals surface area contributed by atoms with E-state index in [1.54, 1.807) is 12.1 Å². The van der Waals surface area contributed by atoms with Gasteiger partial charge in [0.2, 0.25) is 10.0 Å². The average Bonchev–Trinajstić information content (AvgIpc) is 3.10. The number of hydrogen-bond donors (Lipinski definition) is 2. The summed E-state index contributed by atoms with van der Waals surface area (Å²) >= 11 is 0. The summed E-state index contributed by atoms with van der Waals surface area (Å²) in [6.07, 6.45) is 0.934. The van der Waals surface area contributed by atoms with Crippen LogP contribution >= 0.6 is 0 Å². The predicted molar refractivity (Wildman–Crippen MR) is 132 cm³/mol. The molecule has 9 heteroatoms. The first-order chi connectivity index (χ1) is 15.8. The standard InChI is InChI=1S/C25H38F2N4O2S/c1-19-22(34(32,33)29-18-20-8-6-9-21(16-20)25(5,26)27)17-23(24(2,3)4)31(19)13-7-12-30-14-10-28-11-15-30/h6,8-9,16-17,28-29H,7,10-15,18H2,1-5H3. The van der Waals surface area contributed by atoms with Gasteiger partial charge in [-0.25, -0.2) is 21.9 Å². The van der Waals surface area contributed by atoms with Crippen molar-refractivity contribution in [3.8, 4) is 0 Å². The third-order valence-electron chi connectivity index (χ3n) is 6.34. The van der Waals surface area contributed by atoms with Crippen LogP contribution in [0.15, 0.2) is 35.2 Å². The van der Waals surface area contributed by atoms with Crippen LogP contribution < -0.4 is 10.0 Å². The fourth-order valence-corrected chi connectivity index (χ4v) is 5.68. The van der Waals surface area contributed by atoms with Crippen molar-refractivity contribution in [3.05, 3.63) is 52.8 Å². The molecule has 6 nitrogen and oxygen atoms in total. The number of halogens is 2. The summed E-state index contributed by atoms with van der Waals surface area (Å²) in [4.78, 5) is 2.68. The highest BCUT2D eigenvalue weighted by Crippen LogP contribution is 2.31. The average molecular weight is 497 g/mol. The number of sulfonamides is 1. The summed E-state index contributed by atoms with van der Waals surface area (Å²) in [6, 6.07) is 7.62. The molecule has 34 heavy (non-hydrogen) atoms. The minimum absolute atomic E-state index is 0.0509. The van der Waals surface area contributed by atoms with Crippen LogP contribution in [0, 0.1) is 6.92 Å². The molecule has 0 spiro atoms. The van der Waals surface area contributed by atoms with Crippen molar-refractivity contribution < 1.29 is 17.2 Å². The van der Waals surface area contributed by atoms with Crippen LogP contribution in [0.3, 0.4) is 0 Å². The normalized spacial score (nSPS) is 16.2. The molecule has 190 valence electrons. The van der Waals surface area contributed by atoms with Crippen molar-refractivity contribution in [1.82, 2.24) is 19.5 Å². The second kappa shape index (κ2) is 10.4. The van der Waals surface area contributed by atoms with Crippen molar-refractivity contribution in [1.29, 1.82) is 0 Å². The third-order valence-corrected chi connectivity index (χ3v) is 7.86. The molecule has 3 rings (SSSR count). The molecule has 1 aliphatic heterocycles. The number of piperazine rings is 1. The monoisotopic (exact) mass is 496 g/mol. The van der Waals surface area contributed by atoms with Gasteiger partial charge < -0.3 is 14.8 Å². The maximum Gasteiger partial charge on any atom is 0.270 e. The first-order valence-corrected chi connectivity index (χ1v) is 13.4. The van der Waals surface area contributed by atoms with Crippen molar-refractivity contribution in [3.63, 3.8) is 0 Å². The minimum Gasteiger partial charge on any atom is -0.347 e. The van der Waals surface area contributed by atoms with Gasteiger partial charge >= 0.3 is 0 Å². The van der Waals surface area contributed by atoms with Crippen LogP contribution in [0.1, 0.15) is 56.6 Å². The molecule has 1 saturated heterocycles. The zero-order valence-corrected chi connectivity index (χ0v) is 21.7. The lowest BCUT2D eigenvalue weighted by molar-refractivity contribution is 0.0174. The minimum atomic E-state index is -3.82. The highest BCUT2D eigenvalue weighted by molar-refractivity contribution is 7.89. The Hall–Kier alpha value is -1.81. The maximum atomic E-state index is 13.7. The lowest BCUT2D eigenvalue weighted by atomic mass is 9.92. The summed E-state index contributed by atoms with van der Waals surface area (Å²) in [5.74, 6) is -2.98. The number of rotatable bonds is 9. The Morgan fingerprint density at radius 2 is 1.74 bits per heavy atom. The lowest BCUT2D eigenvalue weighted by Gasteiger charge is -2.28. The summed E-state index contributed by atoms with van der Waals surface area (Å²) in [5.41, 5.74) is 1.80. The van der Waals surface area contributed by atoms with Crippen LogP contribution in [0.4, 0.5) is 8.78 Å². The fourth-order valence-electron chi connectivity index (χ4n) is 4.40. The molecular formula is C25H38F2N4O2S. The molecule has 0 aliphatic carbocycles. The molecule has 1 fully saturated rings. The van der Waals surface area contributed by atoms with E-state index in [-0.39, 0.29) is 22.4 Å². The molecule has 2 N–H and O–H groups in total. The molecule has 0 radical (unpaired) electrons. The predicted octanol–water partition coefficient (Wildman–Crippen LogP) is 3.98.